The van der Waals surface area contributed by atoms with E-state index in [1.807, 2.05) is 5.38 Å². The van der Waals surface area contributed by atoms with Crippen molar-refractivity contribution in [2.45, 2.75) is 31.4 Å². The molecule has 0 aromatic carbocycles. The van der Waals surface area contributed by atoms with Crippen LogP contribution in [0.3, 0.4) is 0 Å². The van der Waals surface area contributed by atoms with Gasteiger partial charge in [0.05, 0.1) is 17.7 Å². The van der Waals surface area contributed by atoms with Gasteiger partial charge in [-0.25, -0.2) is 4.98 Å². The van der Waals surface area contributed by atoms with E-state index >= 15 is 0 Å². The summed E-state index contributed by atoms with van der Waals surface area (Å²) >= 11 is 1.54. The summed E-state index contributed by atoms with van der Waals surface area (Å²) < 4.78 is 0. The number of likely N-dealkylation sites (tertiary alicyclic amines) is 1. The second-order valence-corrected chi connectivity index (χ2v) is 7.16. The van der Waals surface area contributed by atoms with E-state index in [4.69, 9.17) is 0 Å². The SMILES string of the molecule is CN(C)C(=O)Cc1nc(CN2CC(O)(C3CC3)C2)cs1. The Morgan fingerprint density at radius 3 is 2.85 bits per heavy atom. The fourth-order valence-electron chi connectivity index (χ4n) is 2.74. The Labute approximate surface area is 123 Å². The van der Waals surface area contributed by atoms with Gasteiger partial charge in [-0.3, -0.25) is 9.69 Å². The van der Waals surface area contributed by atoms with Crippen LogP contribution in [-0.2, 0) is 17.8 Å². The fraction of sp³-hybridized carbons (Fsp3) is 0.714. The van der Waals surface area contributed by atoms with E-state index in [-0.39, 0.29) is 5.91 Å². The van der Waals surface area contributed by atoms with Gasteiger partial charge in [-0.05, 0) is 18.8 Å². The average Bonchev–Trinajstić information content (AvgIpc) is 3.11. The molecule has 3 rings (SSSR count). The molecule has 1 aliphatic heterocycles. The molecule has 1 saturated carbocycles. The van der Waals surface area contributed by atoms with Crippen molar-refractivity contribution < 1.29 is 9.90 Å². The van der Waals surface area contributed by atoms with Crippen LogP contribution in [0.2, 0.25) is 0 Å². The number of aromatic nitrogens is 1. The zero-order valence-corrected chi connectivity index (χ0v) is 12.8. The van der Waals surface area contributed by atoms with Gasteiger partial charge in [0.25, 0.3) is 0 Å². The Morgan fingerprint density at radius 1 is 1.55 bits per heavy atom. The summed E-state index contributed by atoms with van der Waals surface area (Å²) in [4.78, 5) is 20.0. The molecule has 2 aliphatic rings. The molecule has 1 aromatic heterocycles. The summed E-state index contributed by atoms with van der Waals surface area (Å²) in [7, 11) is 3.52. The van der Waals surface area contributed by atoms with E-state index in [0.717, 1.165) is 30.3 Å². The van der Waals surface area contributed by atoms with Gasteiger partial charge in [0, 0.05) is 39.1 Å². The topological polar surface area (TPSA) is 56.7 Å². The van der Waals surface area contributed by atoms with Crippen LogP contribution in [0.1, 0.15) is 23.5 Å². The van der Waals surface area contributed by atoms with E-state index in [0.29, 0.717) is 12.3 Å². The summed E-state index contributed by atoms with van der Waals surface area (Å²) in [6.07, 6.45) is 2.74. The van der Waals surface area contributed by atoms with Gasteiger partial charge in [0.15, 0.2) is 0 Å². The van der Waals surface area contributed by atoms with E-state index < -0.39 is 5.60 Å². The molecule has 5 nitrogen and oxygen atoms in total. The predicted molar refractivity (Wildman–Crippen MR) is 77.5 cm³/mol. The van der Waals surface area contributed by atoms with Crippen molar-refractivity contribution in [3.63, 3.8) is 0 Å². The number of hydrogen-bond donors (Lipinski definition) is 1. The second-order valence-electron chi connectivity index (χ2n) is 6.22. The standard InChI is InChI=1S/C14H21N3O2S/c1-16(2)13(18)5-12-15-11(7-20-12)6-17-8-14(19,9-17)10-3-4-10/h7,10,19H,3-6,8-9H2,1-2H3. The Bertz CT molecular complexity index is 504. The highest BCUT2D eigenvalue weighted by Crippen LogP contribution is 2.44. The van der Waals surface area contributed by atoms with Gasteiger partial charge in [0.1, 0.15) is 5.01 Å². The lowest BCUT2D eigenvalue weighted by Gasteiger charge is -2.46. The highest BCUT2D eigenvalue weighted by atomic mass is 32.1. The van der Waals surface area contributed by atoms with Gasteiger partial charge in [-0.15, -0.1) is 11.3 Å². The third-order valence-electron chi connectivity index (χ3n) is 4.12. The number of amides is 1. The number of likely N-dealkylation sites (N-methyl/N-ethyl adjacent to an activating group) is 1. The van der Waals surface area contributed by atoms with Crippen LogP contribution in [0, 0.1) is 5.92 Å². The van der Waals surface area contributed by atoms with Crippen molar-refractivity contribution in [3.8, 4) is 0 Å². The Hall–Kier alpha value is -0.980. The third-order valence-corrected chi connectivity index (χ3v) is 5.02. The minimum Gasteiger partial charge on any atom is -0.387 e. The molecule has 20 heavy (non-hydrogen) atoms. The maximum absolute atomic E-state index is 11.6. The molecular formula is C14H21N3O2S. The van der Waals surface area contributed by atoms with Crippen LogP contribution in [0.4, 0.5) is 0 Å². The molecule has 1 amide bonds. The molecule has 0 unspecified atom stereocenters. The number of aliphatic hydroxyl groups is 1. The van der Waals surface area contributed by atoms with E-state index in [2.05, 4.69) is 9.88 Å². The van der Waals surface area contributed by atoms with Crippen molar-refractivity contribution in [1.29, 1.82) is 0 Å². The molecule has 0 radical (unpaired) electrons. The quantitative estimate of drug-likeness (QED) is 0.870. The number of β-amino-alcohol motifs (C(OH)–C–C–N with tert-alkyl or cyclic N) is 1. The maximum atomic E-state index is 11.6. The van der Waals surface area contributed by atoms with Gasteiger partial charge in [-0.1, -0.05) is 0 Å². The van der Waals surface area contributed by atoms with Gasteiger partial charge in [-0.2, -0.15) is 0 Å². The number of rotatable bonds is 5. The van der Waals surface area contributed by atoms with Gasteiger partial charge < -0.3 is 10.0 Å². The van der Waals surface area contributed by atoms with Crippen molar-refractivity contribution in [1.82, 2.24) is 14.8 Å². The molecule has 1 N–H and O–H groups in total. The highest BCUT2D eigenvalue weighted by molar-refractivity contribution is 7.09. The largest absolute Gasteiger partial charge is 0.387 e. The van der Waals surface area contributed by atoms with Crippen LogP contribution in [-0.4, -0.2) is 58.6 Å². The van der Waals surface area contributed by atoms with Crippen molar-refractivity contribution in [2.75, 3.05) is 27.2 Å². The summed E-state index contributed by atoms with van der Waals surface area (Å²) in [6, 6.07) is 0. The Morgan fingerprint density at radius 2 is 2.25 bits per heavy atom. The first-order valence-corrected chi connectivity index (χ1v) is 7.92. The smallest absolute Gasteiger partial charge is 0.228 e. The second kappa shape index (κ2) is 5.09. The minimum atomic E-state index is -0.431. The molecule has 0 bridgehead atoms. The lowest BCUT2D eigenvalue weighted by Crippen LogP contribution is -2.62. The zero-order valence-electron chi connectivity index (χ0n) is 12.0. The van der Waals surface area contributed by atoms with Crippen LogP contribution in [0.5, 0.6) is 0 Å². The van der Waals surface area contributed by atoms with Crippen LogP contribution in [0.25, 0.3) is 0 Å². The summed E-state index contributed by atoms with van der Waals surface area (Å²) in [5, 5.41) is 13.2. The number of thiazole rings is 1. The molecule has 1 saturated heterocycles. The van der Waals surface area contributed by atoms with Gasteiger partial charge in [0.2, 0.25) is 5.91 Å². The molecule has 6 heteroatoms. The van der Waals surface area contributed by atoms with Crippen molar-refractivity contribution in [3.05, 3.63) is 16.1 Å². The van der Waals surface area contributed by atoms with E-state index in [9.17, 15) is 9.90 Å². The maximum Gasteiger partial charge on any atom is 0.228 e. The van der Waals surface area contributed by atoms with Crippen molar-refractivity contribution >= 4 is 17.2 Å². The predicted octanol–water partition coefficient (Wildman–Crippen LogP) is 0.730. The minimum absolute atomic E-state index is 0.0814. The molecule has 2 heterocycles. The number of carbonyl (C=O) groups is 1. The number of hydrogen-bond acceptors (Lipinski definition) is 5. The number of nitrogens with zero attached hydrogens (tertiary/aromatic N) is 3. The summed E-state index contributed by atoms with van der Waals surface area (Å²) in [6.45, 7) is 2.31. The lowest BCUT2D eigenvalue weighted by molar-refractivity contribution is -0.127. The van der Waals surface area contributed by atoms with E-state index in [1.165, 1.54) is 12.8 Å². The molecule has 0 spiro atoms. The molecule has 110 valence electrons. The molecule has 0 atom stereocenters. The molecule has 1 aliphatic carbocycles. The first-order valence-electron chi connectivity index (χ1n) is 7.04. The van der Waals surface area contributed by atoms with Gasteiger partial charge >= 0.3 is 0 Å². The number of carbonyl (C=O) groups excluding carboxylic acids is 1. The summed E-state index contributed by atoms with van der Waals surface area (Å²) in [5.74, 6) is 0.611. The molecular weight excluding hydrogens is 274 g/mol. The Kier molecular flexibility index (Phi) is 3.56. The van der Waals surface area contributed by atoms with E-state index in [1.54, 1.807) is 30.3 Å². The Balaban J connectivity index is 1.50. The van der Waals surface area contributed by atoms with Crippen LogP contribution >= 0.6 is 11.3 Å². The lowest BCUT2D eigenvalue weighted by atomic mass is 9.89. The zero-order chi connectivity index (χ0) is 14.3. The fourth-order valence-corrected chi connectivity index (χ4v) is 3.51. The first-order chi connectivity index (χ1) is 9.46. The van der Waals surface area contributed by atoms with Crippen molar-refractivity contribution in [2.24, 2.45) is 5.92 Å². The normalized spacial score (nSPS) is 21.6. The van der Waals surface area contributed by atoms with Crippen LogP contribution < -0.4 is 0 Å². The average molecular weight is 295 g/mol. The summed E-state index contributed by atoms with van der Waals surface area (Å²) in [5.41, 5.74) is 0.578. The van der Waals surface area contributed by atoms with Crippen LogP contribution in [0.15, 0.2) is 5.38 Å². The first kappa shape index (κ1) is 14.0. The molecule has 2 fully saturated rings. The highest BCUT2D eigenvalue weighted by Gasteiger charge is 2.51. The third kappa shape index (κ3) is 2.87. The molecule has 1 aromatic rings. The monoisotopic (exact) mass is 295 g/mol.